The number of aliphatic imine (C=N–C) groups is 1. The third-order valence-electron chi connectivity index (χ3n) is 1.22. The Balaban J connectivity index is 4.40. The van der Waals surface area contributed by atoms with Gasteiger partial charge in [0.1, 0.15) is 5.84 Å². The van der Waals surface area contributed by atoms with Crippen LogP contribution < -0.4 is 11.5 Å². The molecule has 0 radical (unpaired) electrons. The number of hydrogen-bond donors (Lipinski definition) is 2. The van der Waals surface area contributed by atoms with Crippen LogP contribution in [0.2, 0.25) is 0 Å². The first-order valence-electron chi connectivity index (χ1n) is 2.75. The summed E-state index contributed by atoms with van der Waals surface area (Å²) in [6, 6.07) is 0. The predicted octanol–water partition coefficient (Wildman–Crippen LogP) is 0.226. The fraction of sp³-hybridized carbons (Fsp3) is 0.500. The van der Waals surface area contributed by atoms with Gasteiger partial charge in [-0.05, 0) is 13.8 Å². The molecular formula is C6H13N3. The molecule has 0 aromatic heterocycles. The van der Waals surface area contributed by atoms with E-state index >= 15 is 0 Å². The molecule has 4 N–H and O–H groups in total. The quantitative estimate of drug-likeness (QED) is 0.391. The Bertz CT molecular complexity index is 152. The minimum Gasteiger partial charge on any atom is -0.402 e. The zero-order valence-electron chi connectivity index (χ0n) is 6.10. The van der Waals surface area contributed by atoms with Crippen LogP contribution in [0.5, 0.6) is 0 Å². The third-order valence-corrected chi connectivity index (χ3v) is 1.22. The molecule has 0 fully saturated rings. The van der Waals surface area contributed by atoms with E-state index in [1.807, 2.05) is 6.92 Å². The molecule has 0 spiro atoms. The summed E-state index contributed by atoms with van der Waals surface area (Å²) in [6.07, 6.45) is 0. The summed E-state index contributed by atoms with van der Waals surface area (Å²) in [6.45, 7) is 3.64. The van der Waals surface area contributed by atoms with Crippen LogP contribution in [0, 0.1) is 0 Å². The molecule has 9 heavy (non-hydrogen) atoms. The molecule has 0 aliphatic rings. The van der Waals surface area contributed by atoms with Gasteiger partial charge in [0.2, 0.25) is 0 Å². The van der Waals surface area contributed by atoms with Crippen LogP contribution in [-0.4, -0.2) is 12.9 Å². The molecule has 0 atom stereocenters. The van der Waals surface area contributed by atoms with Gasteiger partial charge in [-0.25, -0.2) is 0 Å². The van der Waals surface area contributed by atoms with Crippen molar-refractivity contribution in [3.8, 4) is 0 Å². The highest BCUT2D eigenvalue weighted by Gasteiger charge is 1.94. The fourth-order valence-electron chi connectivity index (χ4n) is 0.370. The smallest absolute Gasteiger partial charge is 0.122 e. The van der Waals surface area contributed by atoms with E-state index in [0.717, 1.165) is 11.3 Å². The molecule has 0 amide bonds. The van der Waals surface area contributed by atoms with Gasteiger partial charge >= 0.3 is 0 Å². The summed E-state index contributed by atoms with van der Waals surface area (Å²) in [4.78, 5) is 3.77. The summed E-state index contributed by atoms with van der Waals surface area (Å²) in [5.41, 5.74) is 12.4. The van der Waals surface area contributed by atoms with E-state index in [-0.39, 0.29) is 0 Å². The van der Waals surface area contributed by atoms with Crippen molar-refractivity contribution in [3.05, 3.63) is 11.3 Å². The molecule has 3 nitrogen and oxygen atoms in total. The molecular weight excluding hydrogens is 114 g/mol. The Labute approximate surface area is 55.4 Å². The molecule has 0 unspecified atom stereocenters. The lowest BCUT2D eigenvalue weighted by molar-refractivity contribution is 1.23. The summed E-state index contributed by atoms with van der Waals surface area (Å²) in [5.74, 6) is 0.509. The van der Waals surface area contributed by atoms with Crippen LogP contribution >= 0.6 is 0 Å². The van der Waals surface area contributed by atoms with E-state index in [0.29, 0.717) is 5.84 Å². The second-order valence-electron chi connectivity index (χ2n) is 1.92. The van der Waals surface area contributed by atoms with E-state index in [2.05, 4.69) is 4.99 Å². The van der Waals surface area contributed by atoms with Crippen molar-refractivity contribution in [1.29, 1.82) is 0 Å². The van der Waals surface area contributed by atoms with E-state index in [1.54, 1.807) is 14.0 Å². The van der Waals surface area contributed by atoms with E-state index < -0.39 is 0 Å². The van der Waals surface area contributed by atoms with Gasteiger partial charge in [-0.3, -0.25) is 4.99 Å². The monoisotopic (exact) mass is 127 g/mol. The number of nitrogens with two attached hydrogens (primary N) is 2. The first kappa shape index (κ1) is 8.01. The molecule has 3 heteroatoms. The Kier molecular flexibility index (Phi) is 2.78. The van der Waals surface area contributed by atoms with Crippen LogP contribution in [0.1, 0.15) is 13.8 Å². The highest BCUT2D eigenvalue weighted by molar-refractivity contribution is 5.96. The first-order valence-corrected chi connectivity index (χ1v) is 2.75. The minimum atomic E-state index is 0.509. The molecule has 52 valence electrons. The van der Waals surface area contributed by atoms with Gasteiger partial charge in [0.15, 0.2) is 0 Å². The Morgan fingerprint density at radius 3 is 1.78 bits per heavy atom. The van der Waals surface area contributed by atoms with Crippen molar-refractivity contribution >= 4 is 5.84 Å². The molecule has 0 saturated carbocycles. The van der Waals surface area contributed by atoms with E-state index in [4.69, 9.17) is 11.5 Å². The maximum atomic E-state index is 5.43. The standard InChI is InChI=1S/C6H13N3/c1-4(5(2)7)6(8)9-3/h7H2,1-3H3,(H2,8,9). The third kappa shape index (κ3) is 2.17. The molecule has 0 aromatic carbocycles. The van der Waals surface area contributed by atoms with Gasteiger partial charge in [-0.1, -0.05) is 0 Å². The van der Waals surface area contributed by atoms with Crippen molar-refractivity contribution in [1.82, 2.24) is 0 Å². The van der Waals surface area contributed by atoms with Gasteiger partial charge in [-0.2, -0.15) is 0 Å². The number of hydrogen-bond acceptors (Lipinski definition) is 2. The number of rotatable bonds is 1. The van der Waals surface area contributed by atoms with E-state index in [1.165, 1.54) is 0 Å². The molecule has 0 aliphatic carbocycles. The topological polar surface area (TPSA) is 64.4 Å². The molecule has 0 aliphatic heterocycles. The minimum absolute atomic E-state index is 0.509. The van der Waals surface area contributed by atoms with Crippen molar-refractivity contribution in [2.75, 3.05) is 7.05 Å². The Hall–Kier alpha value is -0.990. The Morgan fingerprint density at radius 1 is 1.22 bits per heavy atom. The maximum absolute atomic E-state index is 5.43. The largest absolute Gasteiger partial charge is 0.402 e. The molecule has 0 rings (SSSR count). The van der Waals surface area contributed by atoms with Crippen LogP contribution in [0.15, 0.2) is 16.3 Å². The van der Waals surface area contributed by atoms with Gasteiger partial charge in [0.25, 0.3) is 0 Å². The summed E-state index contributed by atoms with van der Waals surface area (Å²) in [7, 11) is 1.64. The summed E-state index contributed by atoms with van der Waals surface area (Å²) in [5, 5.41) is 0. The van der Waals surface area contributed by atoms with E-state index in [9.17, 15) is 0 Å². The van der Waals surface area contributed by atoms with Crippen LogP contribution in [0.25, 0.3) is 0 Å². The first-order chi connectivity index (χ1) is 4.09. The van der Waals surface area contributed by atoms with Gasteiger partial charge in [-0.15, -0.1) is 0 Å². The molecule has 0 saturated heterocycles. The second-order valence-corrected chi connectivity index (χ2v) is 1.92. The average Bonchev–Trinajstić information content (AvgIpc) is 1.84. The number of nitrogens with zero attached hydrogens (tertiary/aromatic N) is 1. The van der Waals surface area contributed by atoms with Gasteiger partial charge in [0, 0.05) is 18.3 Å². The molecule has 0 bridgehead atoms. The zero-order valence-corrected chi connectivity index (χ0v) is 6.10. The lowest BCUT2D eigenvalue weighted by Crippen LogP contribution is -2.16. The normalized spacial score (nSPS) is 15.2. The van der Waals surface area contributed by atoms with Crippen molar-refractivity contribution in [2.45, 2.75) is 13.8 Å². The maximum Gasteiger partial charge on any atom is 0.122 e. The van der Waals surface area contributed by atoms with Crippen molar-refractivity contribution < 1.29 is 0 Å². The molecule has 0 aromatic rings. The van der Waals surface area contributed by atoms with Crippen LogP contribution in [-0.2, 0) is 0 Å². The predicted molar refractivity (Wildman–Crippen MR) is 40.1 cm³/mol. The van der Waals surface area contributed by atoms with Gasteiger partial charge < -0.3 is 11.5 Å². The lowest BCUT2D eigenvalue weighted by Gasteiger charge is -1.99. The fourth-order valence-corrected chi connectivity index (χ4v) is 0.370. The lowest BCUT2D eigenvalue weighted by atomic mass is 10.2. The van der Waals surface area contributed by atoms with Crippen LogP contribution in [0.3, 0.4) is 0 Å². The highest BCUT2D eigenvalue weighted by Crippen LogP contribution is 1.95. The van der Waals surface area contributed by atoms with Crippen molar-refractivity contribution in [3.63, 3.8) is 0 Å². The van der Waals surface area contributed by atoms with Crippen LogP contribution in [0.4, 0.5) is 0 Å². The second kappa shape index (κ2) is 3.12. The summed E-state index contributed by atoms with van der Waals surface area (Å²) >= 11 is 0. The summed E-state index contributed by atoms with van der Waals surface area (Å²) < 4.78 is 0. The SMILES string of the molecule is CN=C(N)C(C)=C(C)N. The Morgan fingerprint density at radius 2 is 1.67 bits per heavy atom. The number of allylic oxidation sites excluding steroid dienone is 1. The molecule has 0 heterocycles. The average molecular weight is 127 g/mol. The zero-order chi connectivity index (χ0) is 7.44. The highest BCUT2D eigenvalue weighted by atomic mass is 14.8. The van der Waals surface area contributed by atoms with Crippen molar-refractivity contribution in [2.24, 2.45) is 16.5 Å². The van der Waals surface area contributed by atoms with Gasteiger partial charge in [0.05, 0.1) is 0 Å². The number of amidine groups is 1.